The van der Waals surface area contributed by atoms with Crippen LogP contribution in [0.25, 0.3) is 0 Å². The molecule has 20 heavy (non-hydrogen) atoms. The highest BCUT2D eigenvalue weighted by atomic mass is 16.5. The van der Waals surface area contributed by atoms with Crippen molar-refractivity contribution in [3.05, 3.63) is 29.8 Å². The van der Waals surface area contributed by atoms with E-state index in [-0.39, 0.29) is 12.0 Å². The van der Waals surface area contributed by atoms with E-state index in [4.69, 9.17) is 14.7 Å². The lowest BCUT2D eigenvalue weighted by Gasteiger charge is -2.14. The zero-order chi connectivity index (χ0) is 15.0. The van der Waals surface area contributed by atoms with Gasteiger partial charge in [0.1, 0.15) is 6.10 Å². The van der Waals surface area contributed by atoms with Crippen molar-refractivity contribution in [1.82, 2.24) is 0 Å². The molecule has 5 heteroatoms. The number of carbonyl (C=O) groups excluding carboxylic acids is 1. The molecule has 0 aliphatic carbocycles. The van der Waals surface area contributed by atoms with Crippen LogP contribution in [0.2, 0.25) is 0 Å². The Morgan fingerprint density at radius 1 is 1.20 bits per heavy atom. The number of amides is 1. The highest BCUT2D eigenvalue weighted by Gasteiger charge is 2.13. The zero-order valence-electron chi connectivity index (χ0n) is 12.1. The number of carbonyl (C=O) groups is 1. The highest BCUT2D eigenvalue weighted by Crippen LogP contribution is 2.09. The third-order valence-corrected chi connectivity index (χ3v) is 2.55. The van der Waals surface area contributed by atoms with Gasteiger partial charge in [-0.3, -0.25) is 4.79 Å². The number of nitrogens with zero attached hydrogens (tertiary/aromatic N) is 1. The summed E-state index contributed by atoms with van der Waals surface area (Å²) in [5, 5.41) is 11.4. The Hall–Kier alpha value is -1.90. The summed E-state index contributed by atoms with van der Waals surface area (Å²) in [4.78, 5) is 11.9. The summed E-state index contributed by atoms with van der Waals surface area (Å²) in [5.74, 6) is -0.223. The number of nitrogens with one attached hydrogen (secondary N) is 1. The van der Waals surface area contributed by atoms with E-state index in [0.717, 1.165) is 0 Å². The van der Waals surface area contributed by atoms with Crippen LogP contribution in [0.15, 0.2) is 24.3 Å². The zero-order valence-corrected chi connectivity index (χ0v) is 12.1. The molecule has 1 unspecified atom stereocenters. The van der Waals surface area contributed by atoms with Crippen molar-refractivity contribution in [1.29, 1.82) is 5.26 Å². The minimum atomic E-state index is -0.554. The van der Waals surface area contributed by atoms with Gasteiger partial charge in [-0.1, -0.05) is 0 Å². The van der Waals surface area contributed by atoms with E-state index >= 15 is 0 Å². The van der Waals surface area contributed by atoms with Gasteiger partial charge in [0.15, 0.2) is 0 Å². The Balaban J connectivity index is 2.35. The largest absolute Gasteiger partial charge is 0.376 e. The first kappa shape index (κ1) is 16.2. The lowest BCUT2D eigenvalue weighted by molar-refractivity contribution is -0.127. The van der Waals surface area contributed by atoms with E-state index in [1.54, 1.807) is 31.2 Å². The number of benzene rings is 1. The molecule has 0 radical (unpaired) electrons. The second-order valence-electron chi connectivity index (χ2n) is 4.61. The van der Waals surface area contributed by atoms with E-state index in [0.29, 0.717) is 24.5 Å². The van der Waals surface area contributed by atoms with Gasteiger partial charge in [-0.05, 0) is 45.0 Å². The highest BCUT2D eigenvalue weighted by molar-refractivity contribution is 5.93. The first-order chi connectivity index (χ1) is 9.52. The van der Waals surface area contributed by atoms with Gasteiger partial charge in [0.2, 0.25) is 0 Å². The molecule has 1 aromatic rings. The summed E-state index contributed by atoms with van der Waals surface area (Å²) in [5.41, 5.74) is 1.20. The van der Waals surface area contributed by atoms with Gasteiger partial charge in [-0.15, -0.1) is 0 Å². The van der Waals surface area contributed by atoms with Gasteiger partial charge in [-0.25, -0.2) is 0 Å². The normalized spacial score (nSPS) is 11.9. The SMILES string of the molecule is CC(C)OCCOC(C)C(=O)Nc1ccc(C#N)cc1. The lowest BCUT2D eigenvalue weighted by atomic mass is 10.2. The fourth-order valence-corrected chi connectivity index (χ4v) is 1.46. The summed E-state index contributed by atoms with van der Waals surface area (Å²) < 4.78 is 10.7. The molecule has 1 aromatic carbocycles. The maximum atomic E-state index is 11.9. The Bertz CT molecular complexity index is 463. The smallest absolute Gasteiger partial charge is 0.253 e. The molecule has 0 aliphatic heterocycles. The molecule has 0 saturated heterocycles. The summed E-state index contributed by atoms with van der Waals surface area (Å²) in [7, 11) is 0. The van der Waals surface area contributed by atoms with Gasteiger partial charge < -0.3 is 14.8 Å². The van der Waals surface area contributed by atoms with Crippen molar-refractivity contribution >= 4 is 11.6 Å². The molecule has 1 amide bonds. The molecule has 1 N–H and O–H groups in total. The first-order valence-electron chi connectivity index (χ1n) is 6.57. The van der Waals surface area contributed by atoms with Crippen molar-refractivity contribution < 1.29 is 14.3 Å². The van der Waals surface area contributed by atoms with E-state index in [2.05, 4.69) is 5.32 Å². The van der Waals surface area contributed by atoms with Gasteiger partial charge in [0, 0.05) is 5.69 Å². The summed E-state index contributed by atoms with van der Waals surface area (Å²) in [6.07, 6.45) is -0.400. The summed E-state index contributed by atoms with van der Waals surface area (Å²) in [6.45, 7) is 6.42. The van der Waals surface area contributed by atoms with Crippen molar-refractivity contribution in [2.45, 2.75) is 33.0 Å². The predicted molar refractivity (Wildman–Crippen MR) is 76.3 cm³/mol. The molecule has 0 aromatic heterocycles. The number of anilines is 1. The van der Waals surface area contributed by atoms with Crippen LogP contribution in [0.1, 0.15) is 26.3 Å². The first-order valence-corrected chi connectivity index (χ1v) is 6.57. The standard InChI is InChI=1S/C15H20N2O3/c1-11(2)19-8-9-20-12(3)15(18)17-14-6-4-13(10-16)5-7-14/h4-7,11-12H,8-9H2,1-3H3,(H,17,18). The Morgan fingerprint density at radius 3 is 2.35 bits per heavy atom. The number of hydrogen-bond acceptors (Lipinski definition) is 4. The summed E-state index contributed by atoms with van der Waals surface area (Å²) in [6, 6.07) is 8.69. The van der Waals surface area contributed by atoms with E-state index in [1.165, 1.54) is 0 Å². The topological polar surface area (TPSA) is 71.3 Å². The third kappa shape index (κ3) is 5.83. The van der Waals surface area contributed by atoms with Crippen molar-refractivity contribution in [2.75, 3.05) is 18.5 Å². The van der Waals surface area contributed by atoms with Crippen molar-refractivity contribution in [3.63, 3.8) is 0 Å². The molecular weight excluding hydrogens is 256 g/mol. The van der Waals surface area contributed by atoms with Crippen LogP contribution in [0, 0.1) is 11.3 Å². The second-order valence-corrected chi connectivity index (χ2v) is 4.61. The number of nitriles is 1. The average Bonchev–Trinajstić information content (AvgIpc) is 2.44. The van der Waals surface area contributed by atoms with E-state index in [9.17, 15) is 4.79 Å². The van der Waals surface area contributed by atoms with E-state index < -0.39 is 6.10 Å². The fraction of sp³-hybridized carbons (Fsp3) is 0.467. The Kier molecular flexibility index (Phi) is 6.71. The van der Waals surface area contributed by atoms with Gasteiger partial charge in [0.05, 0.1) is 31.0 Å². The molecule has 0 bridgehead atoms. The maximum absolute atomic E-state index is 11.9. The van der Waals surface area contributed by atoms with Crippen LogP contribution < -0.4 is 5.32 Å². The monoisotopic (exact) mass is 276 g/mol. The van der Waals surface area contributed by atoms with Gasteiger partial charge >= 0.3 is 0 Å². The third-order valence-electron chi connectivity index (χ3n) is 2.55. The molecule has 1 rings (SSSR count). The molecule has 5 nitrogen and oxygen atoms in total. The van der Waals surface area contributed by atoms with Gasteiger partial charge in [-0.2, -0.15) is 5.26 Å². The molecule has 0 fully saturated rings. The number of rotatable bonds is 7. The molecule has 0 saturated carbocycles. The molecular formula is C15H20N2O3. The second kappa shape index (κ2) is 8.31. The number of ether oxygens (including phenoxy) is 2. The maximum Gasteiger partial charge on any atom is 0.253 e. The predicted octanol–water partition coefficient (Wildman–Crippen LogP) is 2.33. The van der Waals surface area contributed by atoms with Crippen LogP contribution in [0.5, 0.6) is 0 Å². The molecule has 0 heterocycles. The summed E-state index contributed by atoms with van der Waals surface area (Å²) >= 11 is 0. The van der Waals surface area contributed by atoms with Gasteiger partial charge in [0.25, 0.3) is 5.91 Å². The minimum Gasteiger partial charge on any atom is -0.376 e. The van der Waals surface area contributed by atoms with E-state index in [1.807, 2.05) is 19.9 Å². The van der Waals surface area contributed by atoms with Crippen molar-refractivity contribution in [3.8, 4) is 6.07 Å². The Morgan fingerprint density at radius 2 is 1.80 bits per heavy atom. The van der Waals surface area contributed by atoms with Crippen LogP contribution >= 0.6 is 0 Å². The fourth-order valence-electron chi connectivity index (χ4n) is 1.46. The molecule has 1 atom stereocenters. The average molecular weight is 276 g/mol. The van der Waals surface area contributed by atoms with Crippen LogP contribution in [0.3, 0.4) is 0 Å². The molecule has 0 spiro atoms. The van der Waals surface area contributed by atoms with Crippen LogP contribution in [-0.4, -0.2) is 31.3 Å². The van der Waals surface area contributed by atoms with Crippen molar-refractivity contribution in [2.24, 2.45) is 0 Å². The minimum absolute atomic E-state index is 0.154. The molecule has 108 valence electrons. The Labute approximate surface area is 119 Å². The lowest BCUT2D eigenvalue weighted by Crippen LogP contribution is -2.29. The quantitative estimate of drug-likeness (QED) is 0.776. The molecule has 0 aliphatic rings. The van der Waals surface area contributed by atoms with Crippen LogP contribution in [0.4, 0.5) is 5.69 Å². The van der Waals surface area contributed by atoms with Crippen LogP contribution in [-0.2, 0) is 14.3 Å². The number of hydrogen-bond donors (Lipinski definition) is 1.